The molecule has 3 aromatic rings. The number of aryl methyl sites for hydroxylation is 1. The molecule has 1 heterocycles. The predicted molar refractivity (Wildman–Crippen MR) is 117 cm³/mol. The third-order valence-electron chi connectivity index (χ3n) is 4.78. The van der Waals surface area contributed by atoms with Crippen LogP contribution in [0.25, 0.3) is 11.3 Å². The molecule has 0 unspecified atom stereocenters. The van der Waals surface area contributed by atoms with Crippen molar-refractivity contribution in [1.29, 1.82) is 0 Å². The van der Waals surface area contributed by atoms with E-state index in [-0.39, 0.29) is 15.9 Å². The van der Waals surface area contributed by atoms with E-state index >= 15 is 0 Å². The van der Waals surface area contributed by atoms with Gasteiger partial charge in [0.05, 0.1) is 17.1 Å². The fourth-order valence-corrected chi connectivity index (χ4v) is 5.07. The lowest BCUT2D eigenvalue weighted by molar-refractivity contribution is 0.0557. The normalized spacial score (nSPS) is 12.8. The fourth-order valence-electron chi connectivity index (χ4n) is 3.10. The van der Waals surface area contributed by atoms with Gasteiger partial charge in [0.2, 0.25) is 0 Å². The van der Waals surface area contributed by atoms with Gasteiger partial charge < -0.3 is 14.4 Å². The maximum absolute atomic E-state index is 14.1. The van der Waals surface area contributed by atoms with Gasteiger partial charge in [-0.2, -0.15) is 8.78 Å². The van der Waals surface area contributed by atoms with Crippen molar-refractivity contribution in [3.63, 3.8) is 0 Å². The van der Waals surface area contributed by atoms with Crippen molar-refractivity contribution in [3.8, 4) is 11.3 Å². The first-order valence-corrected chi connectivity index (χ1v) is 13.2. The van der Waals surface area contributed by atoms with Gasteiger partial charge in [0.25, 0.3) is 0 Å². The average Bonchev–Trinajstić information content (AvgIpc) is 2.95. The molecule has 13 heteroatoms. The number of alkyl halides is 2. The van der Waals surface area contributed by atoms with Gasteiger partial charge in [-0.25, -0.2) is 13.2 Å². The molecule has 3 rings (SSSR count). The van der Waals surface area contributed by atoms with Crippen LogP contribution in [0.3, 0.4) is 0 Å². The molecule has 8 nitrogen and oxygen atoms in total. The molecule has 32 heavy (non-hydrogen) atoms. The second-order valence-corrected chi connectivity index (χ2v) is 11.7. The molecule has 0 spiro atoms. The summed E-state index contributed by atoms with van der Waals surface area (Å²) in [6.45, 7) is -0.0246. The highest BCUT2D eigenvalue weighted by molar-refractivity contribution is 9.10. The summed E-state index contributed by atoms with van der Waals surface area (Å²) in [5, 5.41) is 0. The summed E-state index contributed by atoms with van der Waals surface area (Å²) in [6, 6.07) is 9.36. The molecule has 0 radical (unpaired) electrons. The third-order valence-corrected chi connectivity index (χ3v) is 7.54. The van der Waals surface area contributed by atoms with Gasteiger partial charge in [0, 0.05) is 29.5 Å². The monoisotopic (exact) mass is 550 g/mol. The molecule has 0 aliphatic rings. The summed E-state index contributed by atoms with van der Waals surface area (Å²) in [7, 11) is -7.59. The Balaban J connectivity index is 2.02. The van der Waals surface area contributed by atoms with E-state index in [4.69, 9.17) is 9.79 Å². The standard InChI is InChI=1S/C19H18BrF2N2O6PS/c1-23-11-17(13-4-6-14(7-5-13)32(2,29)30)24(18(23)25)10-12-3-8-15(16(20)9-12)19(21,22)31(26,27)28/h3-9,11H,10H2,1-2H3,(H2,26,27,28). The van der Waals surface area contributed by atoms with E-state index in [9.17, 15) is 26.6 Å². The van der Waals surface area contributed by atoms with Crippen molar-refractivity contribution < 1.29 is 31.6 Å². The number of nitrogens with zero attached hydrogens (tertiary/aromatic N) is 2. The smallest absolute Gasteiger partial charge is 0.320 e. The van der Waals surface area contributed by atoms with E-state index in [1.54, 1.807) is 18.3 Å². The molecule has 1 aromatic heterocycles. The SMILES string of the molecule is Cn1cc(-c2ccc(S(C)(=O)=O)cc2)n(Cc2ccc(C(F)(F)P(=O)(O)O)c(Br)c2)c1=O. The number of imidazole rings is 1. The van der Waals surface area contributed by atoms with Crippen LogP contribution >= 0.6 is 23.5 Å². The summed E-state index contributed by atoms with van der Waals surface area (Å²) in [6.07, 6.45) is 2.64. The molecule has 2 N–H and O–H groups in total. The number of sulfone groups is 1. The van der Waals surface area contributed by atoms with Gasteiger partial charge in [0.15, 0.2) is 9.84 Å². The zero-order chi connectivity index (χ0) is 24.1. The molecular formula is C19H18BrF2N2O6PS. The lowest BCUT2D eigenvalue weighted by Gasteiger charge is -2.19. The van der Waals surface area contributed by atoms with Crippen molar-refractivity contribution >= 4 is 33.4 Å². The summed E-state index contributed by atoms with van der Waals surface area (Å²) in [4.78, 5) is 30.7. The molecule has 0 aliphatic carbocycles. The van der Waals surface area contributed by atoms with Crippen molar-refractivity contribution in [2.75, 3.05) is 6.26 Å². The summed E-state index contributed by atoms with van der Waals surface area (Å²) >= 11 is 2.93. The quantitative estimate of drug-likeness (QED) is 0.454. The van der Waals surface area contributed by atoms with E-state index in [1.807, 2.05) is 0 Å². The predicted octanol–water partition coefficient (Wildman–Crippen LogP) is 3.30. The van der Waals surface area contributed by atoms with Gasteiger partial charge >= 0.3 is 18.9 Å². The minimum Gasteiger partial charge on any atom is -0.320 e. The summed E-state index contributed by atoms with van der Waals surface area (Å²) < 4.78 is 65.1. The molecule has 0 amide bonds. The van der Waals surface area contributed by atoms with Crippen LogP contribution in [0, 0.1) is 0 Å². The second-order valence-electron chi connectivity index (χ2n) is 7.19. The van der Waals surface area contributed by atoms with Gasteiger partial charge in [-0.05, 0) is 29.3 Å². The van der Waals surface area contributed by atoms with Crippen LogP contribution in [-0.2, 0) is 33.7 Å². The summed E-state index contributed by atoms with van der Waals surface area (Å²) in [5.74, 6) is 0. The highest BCUT2D eigenvalue weighted by Gasteiger charge is 2.51. The van der Waals surface area contributed by atoms with Crippen molar-refractivity contribution in [3.05, 3.63) is 74.7 Å². The van der Waals surface area contributed by atoms with Crippen molar-refractivity contribution in [2.45, 2.75) is 17.1 Å². The van der Waals surface area contributed by atoms with Crippen LogP contribution in [0.2, 0.25) is 0 Å². The Hall–Kier alpha value is -2.11. The number of aromatic nitrogens is 2. The van der Waals surface area contributed by atoms with Crippen molar-refractivity contribution in [1.82, 2.24) is 9.13 Å². The number of halogens is 3. The molecule has 0 atom stereocenters. The molecular weight excluding hydrogens is 533 g/mol. The van der Waals surface area contributed by atoms with E-state index in [0.717, 1.165) is 12.3 Å². The highest BCUT2D eigenvalue weighted by atomic mass is 79.9. The van der Waals surface area contributed by atoms with Crippen LogP contribution < -0.4 is 5.69 Å². The van der Waals surface area contributed by atoms with Crippen LogP contribution in [0.15, 0.2) is 62.8 Å². The maximum atomic E-state index is 14.1. The number of benzene rings is 2. The Morgan fingerprint density at radius 3 is 2.22 bits per heavy atom. The lowest BCUT2D eigenvalue weighted by Crippen LogP contribution is -2.23. The third kappa shape index (κ3) is 4.65. The topological polar surface area (TPSA) is 119 Å². The first-order chi connectivity index (χ1) is 14.6. The lowest BCUT2D eigenvalue weighted by atomic mass is 10.1. The first kappa shape index (κ1) is 24.5. The molecule has 0 aliphatic heterocycles. The Labute approximate surface area is 190 Å². The van der Waals surface area contributed by atoms with Crippen LogP contribution in [0.1, 0.15) is 11.1 Å². The van der Waals surface area contributed by atoms with Crippen LogP contribution in [0.4, 0.5) is 8.78 Å². The summed E-state index contributed by atoms with van der Waals surface area (Å²) in [5.41, 5.74) is -4.18. The van der Waals surface area contributed by atoms with Gasteiger partial charge in [-0.1, -0.05) is 40.2 Å². The Kier molecular flexibility index (Phi) is 6.40. The first-order valence-electron chi connectivity index (χ1n) is 8.92. The van der Waals surface area contributed by atoms with E-state index < -0.39 is 34.3 Å². The van der Waals surface area contributed by atoms with E-state index in [0.29, 0.717) is 16.8 Å². The Morgan fingerprint density at radius 1 is 1.12 bits per heavy atom. The molecule has 0 fully saturated rings. The zero-order valence-corrected chi connectivity index (χ0v) is 20.0. The minimum absolute atomic E-state index is 0.0246. The van der Waals surface area contributed by atoms with Gasteiger partial charge in [-0.3, -0.25) is 9.13 Å². The molecule has 2 aromatic carbocycles. The molecule has 172 valence electrons. The molecule has 0 saturated heterocycles. The fraction of sp³-hybridized carbons (Fsp3) is 0.211. The van der Waals surface area contributed by atoms with Crippen LogP contribution in [-0.4, -0.2) is 33.6 Å². The minimum atomic E-state index is -5.73. The van der Waals surface area contributed by atoms with Gasteiger partial charge in [-0.15, -0.1) is 0 Å². The average molecular weight is 551 g/mol. The van der Waals surface area contributed by atoms with Crippen molar-refractivity contribution in [2.24, 2.45) is 7.05 Å². The Morgan fingerprint density at radius 2 is 1.72 bits per heavy atom. The molecule has 0 bridgehead atoms. The van der Waals surface area contributed by atoms with Crippen LogP contribution in [0.5, 0.6) is 0 Å². The van der Waals surface area contributed by atoms with E-state index in [2.05, 4.69) is 15.9 Å². The number of rotatable bonds is 6. The second kappa shape index (κ2) is 8.35. The number of hydrogen-bond donors (Lipinski definition) is 2. The highest BCUT2D eigenvalue weighted by Crippen LogP contribution is 2.60. The Bertz CT molecular complexity index is 1390. The zero-order valence-electron chi connectivity index (χ0n) is 16.7. The van der Waals surface area contributed by atoms with E-state index in [1.165, 1.54) is 40.4 Å². The number of hydrogen-bond acceptors (Lipinski definition) is 4. The maximum Gasteiger partial charge on any atom is 0.399 e. The van der Waals surface area contributed by atoms with Gasteiger partial charge in [0.1, 0.15) is 0 Å². The molecule has 0 saturated carbocycles. The largest absolute Gasteiger partial charge is 0.399 e.